The third kappa shape index (κ3) is 3.27. The number of carbonyl (C=O) groups is 1. The van der Waals surface area contributed by atoms with Crippen molar-refractivity contribution in [2.24, 2.45) is 5.92 Å². The number of nitrogens with one attached hydrogen (secondary N) is 2. The molecule has 1 aliphatic rings. The van der Waals surface area contributed by atoms with Crippen molar-refractivity contribution >= 4 is 16.9 Å². The van der Waals surface area contributed by atoms with E-state index in [2.05, 4.69) is 39.7 Å². The van der Waals surface area contributed by atoms with Crippen LogP contribution in [0.2, 0.25) is 0 Å². The van der Waals surface area contributed by atoms with Crippen LogP contribution in [-0.4, -0.2) is 36.1 Å². The number of hydrogen-bond donors (Lipinski definition) is 2. The van der Waals surface area contributed by atoms with Crippen LogP contribution < -0.4 is 5.32 Å². The van der Waals surface area contributed by atoms with Crippen LogP contribution in [0.5, 0.6) is 0 Å². The van der Waals surface area contributed by atoms with Gasteiger partial charge in [0, 0.05) is 0 Å². The summed E-state index contributed by atoms with van der Waals surface area (Å²) in [5.41, 5.74) is 1.17. The summed E-state index contributed by atoms with van der Waals surface area (Å²) in [6.45, 7) is 4.27. The van der Waals surface area contributed by atoms with Gasteiger partial charge in [0.15, 0.2) is 0 Å². The monoisotopic (exact) mass is 381 g/mol. The summed E-state index contributed by atoms with van der Waals surface area (Å²) >= 11 is 0. The van der Waals surface area contributed by atoms with Gasteiger partial charge in [-0.1, -0.05) is 51.7 Å². The molecule has 3 aromatic rings. The molecule has 2 aromatic heterocycles. The molecule has 0 radical (unpaired) electrons. The van der Waals surface area contributed by atoms with Crippen molar-refractivity contribution in [3.05, 3.63) is 36.4 Å². The van der Waals surface area contributed by atoms with E-state index < -0.39 is 5.54 Å². The number of fused-ring (bicyclic) bond motifs is 1. The molecule has 2 N–H and O–H groups in total. The van der Waals surface area contributed by atoms with E-state index in [1.54, 1.807) is 11.0 Å². The molecule has 1 aliphatic carbocycles. The normalized spacial score (nSPS) is 18.6. The van der Waals surface area contributed by atoms with Crippen molar-refractivity contribution < 1.29 is 4.79 Å². The Kier molecular flexibility index (Phi) is 5.11. The Morgan fingerprint density at radius 2 is 2.07 bits per heavy atom. The Balaban J connectivity index is 1.66. The lowest BCUT2D eigenvalue weighted by Crippen LogP contribution is -2.52. The lowest BCUT2D eigenvalue weighted by Gasteiger charge is -2.37. The van der Waals surface area contributed by atoms with E-state index in [0.29, 0.717) is 0 Å². The maximum absolute atomic E-state index is 13.6. The zero-order valence-corrected chi connectivity index (χ0v) is 16.4. The molecule has 28 heavy (non-hydrogen) atoms. The lowest BCUT2D eigenvalue weighted by atomic mass is 9.80. The minimum Gasteiger partial charge on any atom is -0.344 e. The van der Waals surface area contributed by atoms with Crippen molar-refractivity contribution in [1.82, 2.24) is 35.5 Å². The van der Waals surface area contributed by atoms with Gasteiger partial charge in [0.25, 0.3) is 0 Å². The Bertz CT molecular complexity index is 894. The second-order valence-corrected chi connectivity index (χ2v) is 7.82. The number of aromatic nitrogens is 6. The van der Waals surface area contributed by atoms with Crippen LogP contribution in [0.15, 0.2) is 30.6 Å². The van der Waals surface area contributed by atoms with E-state index in [1.807, 2.05) is 24.3 Å². The number of nitrogens with zero attached hydrogens (tertiary/aromatic N) is 5. The first-order valence-corrected chi connectivity index (χ1v) is 10.1. The van der Waals surface area contributed by atoms with Gasteiger partial charge in [0.2, 0.25) is 5.91 Å². The first-order valence-electron chi connectivity index (χ1n) is 10.1. The number of carbonyl (C=O) groups excluding carboxylic acids is 1. The molecular formula is C20H27N7O. The van der Waals surface area contributed by atoms with Gasteiger partial charge >= 0.3 is 0 Å². The van der Waals surface area contributed by atoms with Crippen LogP contribution in [0.3, 0.4) is 0 Å². The first kappa shape index (κ1) is 18.6. The van der Waals surface area contributed by atoms with Crippen molar-refractivity contribution in [2.45, 2.75) is 64.0 Å². The van der Waals surface area contributed by atoms with Gasteiger partial charge in [-0.2, -0.15) is 0 Å². The zero-order chi connectivity index (χ0) is 19.6. The third-order valence-corrected chi connectivity index (χ3v) is 6.09. The fraction of sp³-hybridized carbons (Fsp3) is 0.550. The smallest absolute Gasteiger partial charge is 0.248 e. The van der Waals surface area contributed by atoms with Crippen molar-refractivity contribution in [1.29, 1.82) is 0 Å². The maximum Gasteiger partial charge on any atom is 0.248 e. The van der Waals surface area contributed by atoms with Crippen LogP contribution >= 0.6 is 0 Å². The Morgan fingerprint density at radius 3 is 2.75 bits per heavy atom. The predicted molar refractivity (Wildman–Crippen MR) is 105 cm³/mol. The molecule has 2 heterocycles. The summed E-state index contributed by atoms with van der Waals surface area (Å²) in [4.78, 5) is 21.7. The minimum absolute atomic E-state index is 0.0229. The van der Waals surface area contributed by atoms with E-state index in [0.717, 1.165) is 55.4 Å². The van der Waals surface area contributed by atoms with Crippen LogP contribution in [0.4, 0.5) is 0 Å². The molecule has 0 bridgehead atoms. The Labute approximate surface area is 164 Å². The molecule has 0 spiro atoms. The number of benzene rings is 1. The molecule has 4 rings (SSSR count). The Morgan fingerprint density at radius 1 is 1.29 bits per heavy atom. The number of H-pyrrole nitrogens is 1. The standard InChI is InChI=1S/C20H27N7O/c1-3-14(2)17(18-22-15-9-5-6-10-16(15)23-18)24-19(28)20(11-7-4-8-12-20)27-13-21-25-26-27/h5-6,9-10,13-14,17H,3-4,7-8,11-12H2,1-2H3,(H,22,23)(H,24,28)/t14-,17-/m1/s1. The van der Waals surface area contributed by atoms with Crippen molar-refractivity contribution in [3.63, 3.8) is 0 Å². The topological polar surface area (TPSA) is 101 Å². The first-order chi connectivity index (χ1) is 13.6. The summed E-state index contributed by atoms with van der Waals surface area (Å²) < 4.78 is 1.65. The molecule has 1 amide bonds. The second-order valence-electron chi connectivity index (χ2n) is 7.82. The van der Waals surface area contributed by atoms with E-state index in [4.69, 9.17) is 4.98 Å². The van der Waals surface area contributed by atoms with Crippen LogP contribution in [-0.2, 0) is 10.3 Å². The highest BCUT2D eigenvalue weighted by Crippen LogP contribution is 2.36. The van der Waals surface area contributed by atoms with Gasteiger partial charge in [-0.25, -0.2) is 9.67 Å². The molecule has 8 nitrogen and oxygen atoms in total. The molecule has 148 valence electrons. The number of aromatic amines is 1. The van der Waals surface area contributed by atoms with Gasteiger partial charge in [-0.15, -0.1) is 5.10 Å². The number of rotatable bonds is 6. The average Bonchev–Trinajstić information content (AvgIpc) is 3.41. The zero-order valence-electron chi connectivity index (χ0n) is 16.4. The molecule has 0 aliphatic heterocycles. The van der Waals surface area contributed by atoms with Gasteiger partial charge in [-0.3, -0.25) is 4.79 Å². The van der Waals surface area contributed by atoms with E-state index in [9.17, 15) is 4.79 Å². The molecule has 8 heteroatoms. The van der Waals surface area contributed by atoms with Crippen molar-refractivity contribution in [3.8, 4) is 0 Å². The van der Waals surface area contributed by atoms with Crippen LogP contribution in [0, 0.1) is 5.92 Å². The molecule has 0 saturated heterocycles. The average molecular weight is 381 g/mol. The highest BCUT2D eigenvalue weighted by Gasteiger charge is 2.44. The minimum atomic E-state index is -0.723. The molecule has 0 unspecified atom stereocenters. The third-order valence-electron chi connectivity index (χ3n) is 6.09. The van der Waals surface area contributed by atoms with Gasteiger partial charge < -0.3 is 10.3 Å². The second kappa shape index (κ2) is 7.69. The summed E-state index contributed by atoms with van der Waals surface area (Å²) in [6, 6.07) is 7.74. The SMILES string of the molecule is CC[C@@H](C)[C@@H](NC(=O)C1(n2cnnn2)CCCCC1)c1nc2ccccc2[nH]1. The molecular weight excluding hydrogens is 354 g/mol. The predicted octanol–water partition coefficient (Wildman–Crippen LogP) is 3.11. The number of tetrazole rings is 1. The maximum atomic E-state index is 13.6. The van der Waals surface area contributed by atoms with Crippen LogP contribution in [0.25, 0.3) is 11.0 Å². The number of hydrogen-bond acceptors (Lipinski definition) is 5. The van der Waals surface area contributed by atoms with Gasteiger partial charge in [-0.05, 0) is 41.3 Å². The number of para-hydroxylation sites is 2. The molecule has 1 saturated carbocycles. The fourth-order valence-electron chi connectivity index (χ4n) is 4.17. The summed E-state index contributed by atoms with van der Waals surface area (Å²) in [5.74, 6) is 1.01. The van der Waals surface area contributed by atoms with E-state index >= 15 is 0 Å². The quantitative estimate of drug-likeness (QED) is 0.683. The Hall–Kier alpha value is -2.77. The summed E-state index contributed by atoms with van der Waals surface area (Å²) in [5, 5.41) is 14.9. The lowest BCUT2D eigenvalue weighted by molar-refractivity contribution is -0.133. The molecule has 2 atom stereocenters. The summed E-state index contributed by atoms with van der Waals surface area (Å²) in [6.07, 6.45) is 7.10. The largest absolute Gasteiger partial charge is 0.344 e. The van der Waals surface area contributed by atoms with E-state index in [1.165, 1.54) is 0 Å². The number of amides is 1. The summed E-state index contributed by atoms with van der Waals surface area (Å²) in [7, 11) is 0. The highest BCUT2D eigenvalue weighted by atomic mass is 16.2. The van der Waals surface area contributed by atoms with Crippen molar-refractivity contribution in [2.75, 3.05) is 0 Å². The van der Waals surface area contributed by atoms with Gasteiger partial charge in [0.05, 0.1) is 17.1 Å². The molecule has 1 aromatic carbocycles. The van der Waals surface area contributed by atoms with Gasteiger partial charge in [0.1, 0.15) is 17.7 Å². The number of imidazole rings is 1. The fourth-order valence-corrected chi connectivity index (χ4v) is 4.17. The van der Waals surface area contributed by atoms with E-state index in [-0.39, 0.29) is 17.9 Å². The highest BCUT2D eigenvalue weighted by molar-refractivity contribution is 5.85. The van der Waals surface area contributed by atoms with Crippen LogP contribution in [0.1, 0.15) is 64.2 Å². The molecule has 1 fully saturated rings.